The van der Waals surface area contributed by atoms with Gasteiger partial charge < -0.3 is 5.32 Å². The summed E-state index contributed by atoms with van der Waals surface area (Å²) < 4.78 is 1.66. The maximum absolute atomic E-state index is 5.98. The lowest BCUT2D eigenvalue weighted by Crippen LogP contribution is -2.20. The second-order valence-electron chi connectivity index (χ2n) is 4.73. The lowest BCUT2D eigenvalue weighted by atomic mass is 9.98. The molecule has 0 radical (unpaired) electrons. The standard InChI is InChI=1S/C11H15ClN6/c12-4-8-2-1-3-9(8)5-14-10-6-13-7-11-15-16-17-18(10)11/h6-9,14H,1-5H2. The molecular formula is C11H15ClN6. The Labute approximate surface area is 110 Å². The third-order valence-corrected chi connectivity index (χ3v) is 4.07. The molecule has 0 saturated heterocycles. The summed E-state index contributed by atoms with van der Waals surface area (Å²) >= 11 is 5.98. The Kier molecular flexibility index (Phi) is 3.27. The number of hydrogen-bond acceptors (Lipinski definition) is 5. The molecule has 0 aliphatic heterocycles. The van der Waals surface area contributed by atoms with Gasteiger partial charge in [0.25, 0.3) is 0 Å². The van der Waals surface area contributed by atoms with Gasteiger partial charge in [-0.3, -0.25) is 4.98 Å². The summed E-state index contributed by atoms with van der Waals surface area (Å²) in [4.78, 5) is 4.12. The average Bonchev–Trinajstić information content (AvgIpc) is 3.04. The molecule has 0 spiro atoms. The topological polar surface area (TPSA) is 68.0 Å². The van der Waals surface area contributed by atoms with Crippen LogP contribution in [-0.2, 0) is 0 Å². The van der Waals surface area contributed by atoms with Gasteiger partial charge in [-0.2, -0.15) is 4.52 Å². The molecule has 3 rings (SSSR count). The van der Waals surface area contributed by atoms with E-state index in [0.717, 1.165) is 18.2 Å². The minimum atomic E-state index is 0.625. The highest BCUT2D eigenvalue weighted by Crippen LogP contribution is 2.32. The van der Waals surface area contributed by atoms with Crippen LogP contribution >= 0.6 is 11.6 Å². The number of anilines is 1. The first kappa shape index (κ1) is 11.6. The SMILES string of the molecule is ClCC1CCCC1CNc1cncc2nnnn12. The van der Waals surface area contributed by atoms with Gasteiger partial charge in [-0.15, -0.1) is 16.7 Å². The fourth-order valence-corrected chi connectivity index (χ4v) is 3.02. The van der Waals surface area contributed by atoms with Gasteiger partial charge in [-0.1, -0.05) is 6.42 Å². The van der Waals surface area contributed by atoms with E-state index in [-0.39, 0.29) is 0 Å². The van der Waals surface area contributed by atoms with E-state index in [0.29, 0.717) is 17.5 Å². The molecule has 7 heteroatoms. The smallest absolute Gasteiger partial charge is 0.199 e. The van der Waals surface area contributed by atoms with E-state index in [1.807, 2.05) is 0 Å². The highest BCUT2D eigenvalue weighted by molar-refractivity contribution is 6.18. The summed E-state index contributed by atoms with van der Waals surface area (Å²) in [5.74, 6) is 2.84. The molecule has 1 N–H and O–H groups in total. The van der Waals surface area contributed by atoms with Crippen molar-refractivity contribution in [3.8, 4) is 0 Å². The largest absolute Gasteiger partial charge is 0.368 e. The second kappa shape index (κ2) is 5.06. The van der Waals surface area contributed by atoms with E-state index in [4.69, 9.17) is 11.6 Å². The van der Waals surface area contributed by atoms with Crippen molar-refractivity contribution < 1.29 is 0 Å². The molecule has 2 aromatic heterocycles. The number of fused-ring (bicyclic) bond motifs is 1. The summed E-state index contributed by atoms with van der Waals surface area (Å²) in [6.07, 6.45) is 7.14. The fraction of sp³-hybridized carbons (Fsp3) is 0.636. The first-order valence-electron chi connectivity index (χ1n) is 6.20. The Bertz CT molecular complexity index is 527. The van der Waals surface area contributed by atoms with Crippen LogP contribution in [-0.4, -0.2) is 37.4 Å². The van der Waals surface area contributed by atoms with Crippen LogP contribution in [0, 0.1) is 11.8 Å². The van der Waals surface area contributed by atoms with Crippen molar-refractivity contribution in [2.45, 2.75) is 19.3 Å². The summed E-state index contributed by atoms with van der Waals surface area (Å²) in [5.41, 5.74) is 0.653. The summed E-state index contributed by atoms with van der Waals surface area (Å²) in [5, 5.41) is 14.8. The Balaban J connectivity index is 1.71. The van der Waals surface area contributed by atoms with Crippen LogP contribution in [0.4, 0.5) is 5.82 Å². The Hall–Kier alpha value is -1.43. The molecule has 6 nitrogen and oxygen atoms in total. The lowest BCUT2D eigenvalue weighted by molar-refractivity contribution is 0.443. The molecule has 2 unspecified atom stereocenters. The molecule has 96 valence electrons. The third-order valence-electron chi connectivity index (χ3n) is 3.67. The van der Waals surface area contributed by atoms with Crippen molar-refractivity contribution in [3.05, 3.63) is 12.4 Å². The van der Waals surface area contributed by atoms with Gasteiger partial charge in [0.1, 0.15) is 5.82 Å². The van der Waals surface area contributed by atoms with E-state index in [9.17, 15) is 0 Å². The molecule has 1 aliphatic rings. The van der Waals surface area contributed by atoms with Gasteiger partial charge in [0.15, 0.2) is 5.65 Å². The van der Waals surface area contributed by atoms with E-state index in [2.05, 4.69) is 25.8 Å². The fourth-order valence-electron chi connectivity index (χ4n) is 2.62. The van der Waals surface area contributed by atoms with Crippen LogP contribution in [0.3, 0.4) is 0 Å². The Morgan fingerprint density at radius 2 is 2.22 bits per heavy atom. The van der Waals surface area contributed by atoms with Gasteiger partial charge in [-0.05, 0) is 35.1 Å². The van der Waals surface area contributed by atoms with Gasteiger partial charge in [0.2, 0.25) is 0 Å². The predicted molar refractivity (Wildman–Crippen MR) is 68.6 cm³/mol. The van der Waals surface area contributed by atoms with Gasteiger partial charge >= 0.3 is 0 Å². The number of aromatic nitrogens is 5. The maximum atomic E-state index is 5.98. The number of nitrogens with zero attached hydrogens (tertiary/aromatic N) is 5. The van der Waals surface area contributed by atoms with E-state index in [1.54, 1.807) is 16.9 Å². The molecule has 2 heterocycles. The van der Waals surface area contributed by atoms with Crippen LogP contribution in [0.25, 0.3) is 5.65 Å². The van der Waals surface area contributed by atoms with Crippen molar-refractivity contribution in [1.82, 2.24) is 25.0 Å². The second-order valence-corrected chi connectivity index (χ2v) is 5.04. The molecule has 0 aromatic carbocycles. The quantitative estimate of drug-likeness (QED) is 0.851. The van der Waals surface area contributed by atoms with Crippen molar-refractivity contribution in [3.63, 3.8) is 0 Å². The summed E-state index contributed by atoms with van der Waals surface area (Å²) in [6, 6.07) is 0. The van der Waals surface area contributed by atoms with Crippen LogP contribution < -0.4 is 5.32 Å². The molecule has 18 heavy (non-hydrogen) atoms. The average molecular weight is 267 g/mol. The highest BCUT2D eigenvalue weighted by atomic mass is 35.5. The number of rotatable bonds is 4. The normalized spacial score (nSPS) is 23.6. The molecule has 1 aliphatic carbocycles. The van der Waals surface area contributed by atoms with Crippen LogP contribution in [0.1, 0.15) is 19.3 Å². The number of alkyl halides is 1. The lowest BCUT2D eigenvalue weighted by Gasteiger charge is -2.18. The highest BCUT2D eigenvalue weighted by Gasteiger charge is 2.26. The Morgan fingerprint density at radius 3 is 3.11 bits per heavy atom. The van der Waals surface area contributed by atoms with Crippen LogP contribution in [0.15, 0.2) is 12.4 Å². The number of halogens is 1. The number of nitrogens with one attached hydrogen (secondary N) is 1. The van der Waals surface area contributed by atoms with Crippen LogP contribution in [0.2, 0.25) is 0 Å². The maximum Gasteiger partial charge on any atom is 0.199 e. The van der Waals surface area contributed by atoms with Crippen LogP contribution in [0.5, 0.6) is 0 Å². The van der Waals surface area contributed by atoms with E-state index >= 15 is 0 Å². The van der Waals surface area contributed by atoms with E-state index < -0.39 is 0 Å². The Morgan fingerprint density at radius 1 is 1.33 bits per heavy atom. The van der Waals surface area contributed by atoms with Crippen molar-refractivity contribution in [2.75, 3.05) is 17.7 Å². The molecule has 0 bridgehead atoms. The molecule has 2 aromatic rings. The predicted octanol–water partition coefficient (Wildman–Crippen LogP) is 1.59. The minimum Gasteiger partial charge on any atom is -0.368 e. The summed E-state index contributed by atoms with van der Waals surface area (Å²) in [6.45, 7) is 0.901. The monoisotopic (exact) mass is 266 g/mol. The van der Waals surface area contributed by atoms with Gasteiger partial charge in [0, 0.05) is 12.4 Å². The van der Waals surface area contributed by atoms with Gasteiger partial charge in [0.05, 0.1) is 12.4 Å². The zero-order valence-electron chi connectivity index (χ0n) is 9.96. The van der Waals surface area contributed by atoms with Gasteiger partial charge in [-0.25, -0.2) is 0 Å². The van der Waals surface area contributed by atoms with E-state index in [1.165, 1.54) is 19.3 Å². The number of hydrogen-bond donors (Lipinski definition) is 1. The summed E-state index contributed by atoms with van der Waals surface area (Å²) in [7, 11) is 0. The van der Waals surface area contributed by atoms with Crippen molar-refractivity contribution in [1.29, 1.82) is 0 Å². The van der Waals surface area contributed by atoms with Crippen molar-refractivity contribution in [2.24, 2.45) is 11.8 Å². The first-order valence-corrected chi connectivity index (χ1v) is 6.74. The number of tetrazole rings is 1. The zero-order chi connectivity index (χ0) is 12.4. The molecule has 2 atom stereocenters. The third kappa shape index (κ3) is 2.12. The van der Waals surface area contributed by atoms with Crippen molar-refractivity contribution >= 4 is 23.1 Å². The molecular weight excluding hydrogens is 252 g/mol. The molecule has 0 amide bonds. The molecule has 1 saturated carbocycles. The minimum absolute atomic E-state index is 0.625. The first-order chi connectivity index (χ1) is 8.88. The zero-order valence-corrected chi connectivity index (χ0v) is 10.7. The molecule has 1 fully saturated rings.